The average Bonchev–Trinajstić information content (AvgIpc) is 3.08. The van der Waals surface area contributed by atoms with Gasteiger partial charge in [-0.3, -0.25) is 0 Å². The van der Waals surface area contributed by atoms with Crippen molar-refractivity contribution in [2.45, 2.75) is 26.9 Å². The second-order valence-electron chi connectivity index (χ2n) is 5.94. The lowest BCUT2D eigenvalue weighted by Crippen LogP contribution is -2.39. The molecule has 0 atom stereocenters. The lowest BCUT2D eigenvalue weighted by atomic mass is 10.1. The van der Waals surface area contributed by atoms with Crippen LogP contribution in [0.5, 0.6) is 11.5 Å². The molecule has 0 saturated heterocycles. The van der Waals surface area contributed by atoms with E-state index in [1.165, 1.54) is 6.07 Å². The van der Waals surface area contributed by atoms with Gasteiger partial charge < -0.3 is 19.7 Å². The van der Waals surface area contributed by atoms with Crippen molar-refractivity contribution in [1.82, 2.24) is 10.2 Å². The molecule has 3 rings (SSSR count). The Morgan fingerprint density at radius 2 is 1.92 bits per heavy atom. The molecule has 2 amide bonds. The minimum Gasteiger partial charge on any atom is -0.454 e. The van der Waals surface area contributed by atoms with Crippen molar-refractivity contribution in [3.05, 3.63) is 58.9 Å². The number of amides is 2. The van der Waals surface area contributed by atoms with E-state index in [0.717, 1.165) is 16.9 Å². The summed E-state index contributed by atoms with van der Waals surface area (Å²) in [6, 6.07) is 10.3. The number of nitrogens with one attached hydrogen (secondary N) is 1. The summed E-state index contributed by atoms with van der Waals surface area (Å²) in [6.45, 7) is 5.27. The van der Waals surface area contributed by atoms with E-state index in [1.807, 2.05) is 25.1 Å². The standard InChI is InChI=1S/C19H21FN2O3/c1-3-22(11-15-5-7-17-18(9-15)25-12-24-17)19(23)21-10-14-4-6-16(20)13(2)8-14/h4-9H,3,10-12H2,1-2H3,(H,21,23). The van der Waals surface area contributed by atoms with E-state index in [2.05, 4.69) is 5.32 Å². The van der Waals surface area contributed by atoms with Crippen LogP contribution in [0.2, 0.25) is 0 Å². The van der Waals surface area contributed by atoms with Crippen LogP contribution in [0.25, 0.3) is 0 Å². The van der Waals surface area contributed by atoms with E-state index in [-0.39, 0.29) is 18.6 Å². The summed E-state index contributed by atoms with van der Waals surface area (Å²) in [5, 5.41) is 2.88. The van der Waals surface area contributed by atoms with Crippen LogP contribution in [0.15, 0.2) is 36.4 Å². The number of carbonyl (C=O) groups excluding carboxylic acids is 1. The van der Waals surface area contributed by atoms with E-state index in [1.54, 1.807) is 24.0 Å². The highest BCUT2D eigenvalue weighted by atomic mass is 19.1. The molecule has 0 fully saturated rings. The largest absolute Gasteiger partial charge is 0.454 e. The molecule has 0 aromatic heterocycles. The highest BCUT2D eigenvalue weighted by molar-refractivity contribution is 5.74. The number of hydrogen-bond donors (Lipinski definition) is 1. The van der Waals surface area contributed by atoms with Crippen LogP contribution in [-0.4, -0.2) is 24.3 Å². The van der Waals surface area contributed by atoms with Crippen molar-refractivity contribution in [2.24, 2.45) is 0 Å². The molecule has 1 N–H and O–H groups in total. The minimum atomic E-state index is -0.243. The van der Waals surface area contributed by atoms with Crippen LogP contribution < -0.4 is 14.8 Å². The molecule has 6 heteroatoms. The molecule has 1 aliphatic rings. The Bertz CT molecular complexity index is 779. The third kappa shape index (κ3) is 4.02. The zero-order valence-corrected chi connectivity index (χ0v) is 14.3. The number of halogens is 1. The Morgan fingerprint density at radius 1 is 1.16 bits per heavy atom. The first-order valence-electron chi connectivity index (χ1n) is 8.23. The number of hydrogen-bond acceptors (Lipinski definition) is 3. The van der Waals surface area contributed by atoms with Gasteiger partial charge in [-0.15, -0.1) is 0 Å². The summed E-state index contributed by atoms with van der Waals surface area (Å²) in [5.41, 5.74) is 2.41. The number of benzene rings is 2. The van der Waals surface area contributed by atoms with E-state index in [0.29, 0.717) is 30.9 Å². The van der Waals surface area contributed by atoms with Gasteiger partial charge in [0.25, 0.3) is 0 Å². The van der Waals surface area contributed by atoms with Crippen molar-refractivity contribution in [3.63, 3.8) is 0 Å². The number of rotatable bonds is 5. The van der Waals surface area contributed by atoms with Gasteiger partial charge in [0, 0.05) is 19.6 Å². The summed E-state index contributed by atoms with van der Waals surface area (Å²) in [4.78, 5) is 14.1. The van der Waals surface area contributed by atoms with Gasteiger partial charge in [0.15, 0.2) is 11.5 Å². The maximum Gasteiger partial charge on any atom is 0.317 e. The molecule has 5 nitrogen and oxygen atoms in total. The number of carbonyl (C=O) groups is 1. The van der Waals surface area contributed by atoms with Crippen LogP contribution in [0, 0.1) is 12.7 Å². The number of fused-ring (bicyclic) bond motifs is 1. The molecule has 2 aromatic rings. The second-order valence-corrected chi connectivity index (χ2v) is 5.94. The average molecular weight is 344 g/mol. The fourth-order valence-corrected chi connectivity index (χ4v) is 2.69. The van der Waals surface area contributed by atoms with E-state index < -0.39 is 0 Å². The monoisotopic (exact) mass is 344 g/mol. The lowest BCUT2D eigenvalue weighted by Gasteiger charge is -2.21. The Morgan fingerprint density at radius 3 is 2.68 bits per heavy atom. The van der Waals surface area contributed by atoms with Gasteiger partial charge in [-0.2, -0.15) is 0 Å². The molecule has 0 bridgehead atoms. The number of aryl methyl sites for hydroxylation is 1. The molecular weight excluding hydrogens is 323 g/mol. The summed E-state index contributed by atoms with van der Waals surface area (Å²) in [5.74, 6) is 1.19. The second kappa shape index (κ2) is 7.42. The molecule has 0 spiro atoms. The molecule has 132 valence electrons. The Labute approximate surface area is 146 Å². The first-order chi connectivity index (χ1) is 12.1. The summed E-state index contributed by atoms with van der Waals surface area (Å²) >= 11 is 0. The van der Waals surface area contributed by atoms with Gasteiger partial charge in [0.05, 0.1) is 0 Å². The van der Waals surface area contributed by atoms with Crippen molar-refractivity contribution < 1.29 is 18.7 Å². The van der Waals surface area contributed by atoms with Gasteiger partial charge >= 0.3 is 6.03 Å². The topological polar surface area (TPSA) is 50.8 Å². The molecule has 1 heterocycles. The van der Waals surface area contributed by atoms with Gasteiger partial charge in [-0.25, -0.2) is 9.18 Å². The molecular formula is C19H21FN2O3. The van der Waals surface area contributed by atoms with E-state index in [9.17, 15) is 9.18 Å². The molecule has 2 aromatic carbocycles. The zero-order valence-electron chi connectivity index (χ0n) is 14.3. The molecule has 25 heavy (non-hydrogen) atoms. The molecule has 1 aliphatic heterocycles. The number of urea groups is 1. The third-order valence-corrected chi connectivity index (χ3v) is 4.15. The SMILES string of the molecule is CCN(Cc1ccc2c(c1)OCO2)C(=O)NCc1ccc(F)c(C)c1. The van der Waals surface area contributed by atoms with Crippen LogP contribution in [0.1, 0.15) is 23.6 Å². The van der Waals surface area contributed by atoms with Crippen LogP contribution in [-0.2, 0) is 13.1 Å². The Balaban J connectivity index is 1.60. The highest BCUT2D eigenvalue weighted by Crippen LogP contribution is 2.32. The summed E-state index contributed by atoms with van der Waals surface area (Å²) < 4.78 is 24.0. The van der Waals surface area contributed by atoms with Crippen molar-refractivity contribution in [3.8, 4) is 11.5 Å². The quantitative estimate of drug-likeness (QED) is 0.902. The number of nitrogens with zero attached hydrogens (tertiary/aromatic N) is 1. The van der Waals surface area contributed by atoms with E-state index in [4.69, 9.17) is 9.47 Å². The maximum absolute atomic E-state index is 13.3. The Kier molecular flexibility index (Phi) is 5.07. The smallest absolute Gasteiger partial charge is 0.317 e. The highest BCUT2D eigenvalue weighted by Gasteiger charge is 2.16. The predicted octanol–water partition coefficient (Wildman–Crippen LogP) is 3.59. The lowest BCUT2D eigenvalue weighted by molar-refractivity contribution is 0.173. The molecule has 0 saturated carbocycles. The fraction of sp³-hybridized carbons (Fsp3) is 0.316. The minimum absolute atomic E-state index is 0.165. The fourth-order valence-electron chi connectivity index (χ4n) is 2.69. The predicted molar refractivity (Wildman–Crippen MR) is 92.0 cm³/mol. The summed E-state index contributed by atoms with van der Waals surface area (Å²) in [6.07, 6.45) is 0. The third-order valence-electron chi connectivity index (χ3n) is 4.15. The van der Waals surface area contributed by atoms with Gasteiger partial charge in [0.1, 0.15) is 5.82 Å². The number of ether oxygens (including phenoxy) is 2. The van der Waals surface area contributed by atoms with Crippen molar-refractivity contribution >= 4 is 6.03 Å². The maximum atomic E-state index is 13.3. The van der Waals surface area contributed by atoms with Crippen molar-refractivity contribution in [2.75, 3.05) is 13.3 Å². The zero-order chi connectivity index (χ0) is 17.8. The van der Waals surface area contributed by atoms with Crippen molar-refractivity contribution in [1.29, 1.82) is 0 Å². The first kappa shape index (κ1) is 17.1. The normalized spacial score (nSPS) is 12.1. The van der Waals surface area contributed by atoms with Crippen LogP contribution in [0.3, 0.4) is 0 Å². The molecule has 0 radical (unpaired) electrons. The molecule has 0 aliphatic carbocycles. The van der Waals surface area contributed by atoms with Gasteiger partial charge in [0.2, 0.25) is 6.79 Å². The van der Waals surface area contributed by atoms with Crippen LogP contribution in [0.4, 0.5) is 9.18 Å². The van der Waals surface area contributed by atoms with Gasteiger partial charge in [-0.05, 0) is 48.7 Å². The Hall–Kier alpha value is -2.76. The van der Waals surface area contributed by atoms with Crippen LogP contribution >= 0.6 is 0 Å². The van der Waals surface area contributed by atoms with Gasteiger partial charge in [-0.1, -0.05) is 18.2 Å². The molecule has 0 unspecified atom stereocenters. The van der Waals surface area contributed by atoms with E-state index >= 15 is 0 Å². The first-order valence-corrected chi connectivity index (χ1v) is 8.23. The summed E-state index contributed by atoms with van der Waals surface area (Å²) in [7, 11) is 0.